The van der Waals surface area contributed by atoms with Crippen LogP contribution < -0.4 is 5.32 Å². The lowest BCUT2D eigenvalue weighted by atomic mass is 10.2. The number of nitrogens with zero attached hydrogens (tertiary/aromatic N) is 1. The Bertz CT molecular complexity index is 344. The first-order valence-electron chi connectivity index (χ1n) is 4.25. The fourth-order valence-electron chi connectivity index (χ4n) is 1.03. The van der Waals surface area contributed by atoms with Crippen molar-refractivity contribution < 1.29 is 8.78 Å². The molecule has 0 aliphatic carbocycles. The van der Waals surface area contributed by atoms with Gasteiger partial charge in [-0.15, -0.1) is 0 Å². The van der Waals surface area contributed by atoms with Crippen molar-refractivity contribution in [2.45, 2.75) is 13.0 Å². The van der Waals surface area contributed by atoms with Crippen LogP contribution in [0.5, 0.6) is 0 Å². The molecule has 0 fully saturated rings. The first kappa shape index (κ1) is 10.6. The molecule has 0 unspecified atom stereocenters. The van der Waals surface area contributed by atoms with E-state index in [0.717, 1.165) is 12.1 Å². The highest BCUT2D eigenvalue weighted by molar-refractivity contribution is 5.17. The summed E-state index contributed by atoms with van der Waals surface area (Å²) in [5, 5.41) is 11.2. The SMILES string of the molecule is N#CCCNCc1ccc(F)c(F)c1. The van der Waals surface area contributed by atoms with Gasteiger partial charge in [-0.25, -0.2) is 8.78 Å². The van der Waals surface area contributed by atoms with Crippen molar-refractivity contribution in [2.24, 2.45) is 0 Å². The third-order valence-electron chi connectivity index (χ3n) is 1.73. The molecular formula is C10H10F2N2. The van der Waals surface area contributed by atoms with E-state index in [0.29, 0.717) is 25.1 Å². The summed E-state index contributed by atoms with van der Waals surface area (Å²) in [6.07, 6.45) is 0.406. The van der Waals surface area contributed by atoms with Crippen molar-refractivity contribution in [1.29, 1.82) is 5.26 Å². The van der Waals surface area contributed by atoms with E-state index in [2.05, 4.69) is 5.32 Å². The zero-order valence-corrected chi connectivity index (χ0v) is 7.56. The van der Waals surface area contributed by atoms with Gasteiger partial charge in [-0.05, 0) is 17.7 Å². The molecule has 0 atom stereocenters. The highest BCUT2D eigenvalue weighted by Crippen LogP contribution is 2.08. The van der Waals surface area contributed by atoms with Gasteiger partial charge in [0.15, 0.2) is 11.6 Å². The molecule has 0 heterocycles. The van der Waals surface area contributed by atoms with Gasteiger partial charge >= 0.3 is 0 Å². The van der Waals surface area contributed by atoms with Gasteiger partial charge < -0.3 is 5.32 Å². The van der Waals surface area contributed by atoms with Gasteiger partial charge in [-0.3, -0.25) is 0 Å². The molecule has 1 aromatic rings. The molecule has 0 aromatic heterocycles. The normalized spacial score (nSPS) is 9.79. The van der Waals surface area contributed by atoms with Crippen molar-refractivity contribution >= 4 is 0 Å². The Morgan fingerprint density at radius 2 is 2.07 bits per heavy atom. The Labute approximate surface area is 81.2 Å². The average Bonchev–Trinajstić information content (AvgIpc) is 2.18. The van der Waals surface area contributed by atoms with Crippen LogP contribution in [0.4, 0.5) is 8.78 Å². The second kappa shape index (κ2) is 5.30. The number of nitrogens with one attached hydrogen (secondary N) is 1. The topological polar surface area (TPSA) is 35.8 Å². The number of rotatable bonds is 4. The molecule has 4 heteroatoms. The molecule has 2 nitrogen and oxygen atoms in total. The summed E-state index contributed by atoms with van der Waals surface area (Å²) >= 11 is 0. The van der Waals surface area contributed by atoms with Crippen molar-refractivity contribution in [1.82, 2.24) is 5.32 Å². The van der Waals surface area contributed by atoms with Crippen molar-refractivity contribution in [3.8, 4) is 6.07 Å². The zero-order chi connectivity index (χ0) is 10.4. The predicted octanol–water partition coefficient (Wildman–Crippen LogP) is 1.97. The summed E-state index contributed by atoms with van der Waals surface area (Å²) in [6.45, 7) is 0.994. The van der Waals surface area contributed by atoms with E-state index in [1.165, 1.54) is 6.07 Å². The molecule has 1 aromatic carbocycles. The number of hydrogen-bond acceptors (Lipinski definition) is 2. The maximum absolute atomic E-state index is 12.7. The fraction of sp³-hybridized carbons (Fsp3) is 0.300. The quantitative estimate of drug-likeness (QED) is 0.747. The van der Waals surface area contributed by atoms with Crippen LogP contribution in [-0.4, -0.2) is 6.54 Å². The van der Waals surface area contributed by atoms with Crippen molar-refractivity contribution in [2.75, 3.05) is 6.54 Å². The Kier molecular flexibility index (Phi) is 4.02. The first-order chi connectivity index (χ1) is 6.74. The summed E-state index contributed by atoms with van der Waals surface area (Å²) in [6, 6.07) is 5.73. The smallest absolute Gasteiger partial charge is 0.159 e. The summed E-state index contributed by atoms with van der Waals surface area (Å²) in [4.78, 5) is 0. The molecule has 0 bridgehead atoms. The summed E-state index contributed by atoms with van der Waals surface area (Å²) in [5.74, 6) is -1.68. The molecule has 0 radical (unpaired) electrons. The molecule has 1 N–H and O–H groups in total. The lowest BCUT2D eigenvalue weighted by Gasteiger charge is -2.02. The molecule has 0 aliphatic heterocycles. The van der Waals surface area contributed by atoms with Crippen molar-refractivity contribution in [3.05, 3.63) is 35.4 Å². The highest BCUT2D eigenvalue weighted by atomic mass is 19.2. The maximum Gasteiger partial charge on any atom is 0.159 e. The Hall–Kier alpha value is -1.47. The lowest BCUT2D eigenvalue weighted by molar-refractivity contribution is 0.506. The Morgan fingerprint density at radius 3 is 2.71 bits per heavy atom. The summed E-state index contributed by atoms with van der Waals surface area (Å²) < 4.78 is 25.2. The lowest BCUT2D eigenvalue weighted by Crippen LogP contribution is -2.14. The third kappa shape index (κ3) is 3.11. The van der Waals surface area contributed by atoms with Gasteiger partial charge in [-0.2, -0.15) is 5.26 Å². The minimum Gasteiger partial charge on any atom is -0.312 e. The highest BCUT2D eigenvalue weighted by Gasteiger charge is 2.01. The van der Waals surface area contributed by atoms with Gasteiger partial charge in [0.05, 0.1) is 6.07 Å². The summed E-state index contributed by atoms with van der Waals surface area (Å²) in [7, 11) is 0. The van der Waals surface area contributed by atoms with E-state index in [-0.39, 0.29) is 0 Å². The standard InChI is InChI=1S/C10H10F2N2/c11-9-3-2-8(6-10(9)12)7-14-5-1-4-13/h2-3,6,14H,1,5,7H2. The van der Waals surface area contributed by atoms with Crippen LogP contribution in [0, 0.1) is 23.0 Å². The average molecular weight is 196 g/mol. The molecule has 0 amide bonds. The number of hydrogen-bond donors (Lipinski definition) is 1. The Balaban J connectivity index is 2.44. The van der Waals surface area contributed by atoms with E-state index in [1.54, 1.807) is 0 Å². The van der Waals surface area contributed by atoms with Crippen LogP contribution in [0.3, 0.4) is 0 Å². The maximum atomic E-state index is 12.7. The molecule has 14 heavy (non-hydrogen) atoms. The van der Waals surface area contributed by atoms with Gasteiger partial charge in [0, 0.05) is 19.5 Å². The van der Waals surface area contributed by atoms with E-state index in [4.69, 9.17) is 5.26 Å². The first-order valence-corrected chi connectivity index (χ1v) is 4.25. The van der Waals surface area contributed by atoms with E-state index >= 15 is 0 Å². The van der Waals surface area contributed by atoms with Gasteiger partial charge in [0.1, 0.15) is 0 Å². The monoisotopic (exact) mass is 196 g/mol. The van der Waals surface area contributed by atoms with Gasteiger partial charge in [0.2, 0.25) is 0 Å². The van der Waals surface area contributed by atoms with E-state index < -0.39 is 11.6 Å². The van der Waals surface area contributed by atoms with E-state index in [9.17, 15) is 8.78 Å². The largest absolute Gasteiger partial charge is 0.312 e. The van der Waals surface area contributed by atoms with Crippen molar-refractivity contribution in [3.63, 3.8) is 0 Å². The molecular weight excluding hydrogens is 186 g/mol. The zero-order valence-electron chi connectivity index (χ0n) is 7.56. The predicted molar refractivity (Wildman–Crippen MR) is 48.3 cm³/mol. The minimum absolute atomic E-state index is 0.406. The number of nitriles is 1. The number of halogens is 2. The second-order valence-electron chi connectivity index (χ2n) is 2.83. The van der Waals surface area contributed by atoms with Crippen LogP contribution in [0.2, 0.25) is 0 Å². The van der Waals surface area contributed by atoms with Crippen LogP contribution in [0.25, 0.3) is 0 Å². The van der Waals surface area contributed by atoms with E-state index in [1.807, 2.05) is 6.07 Å². The summed E-state index contributed by atoms with van der Waals surface area (Å²) in [5.41, 5.74) is 0.668. The van der Waals surface area contributed by atoms with Gasteiger partial charge in [-0.1, -0.05) is 6.07 Å². The number of benzene rings is 1. The second-order valence-corrected chi connectivity index (χ2v) is 2.83. The van der Waals surface area contributed by atoms with Crippen LogP contribution >= 0.6 is 0 Å². The molecule has 0 spiro atoms. The van der Waals surface area contributed by atoms with Crippen LogP contribution in [-0.2, 0) is 6.54 Å². The molecule has 0 saturated heterocycles. The Morgan fingerprint density at radius 1 is 1.29 bits per heavy atom. The molecule has 0 saturated carbocycles. The molecule has 1 rings (SSSR count). The van der Waals surface area contributed by atoms with Crippen LogP contribution in [0.1, 0.15) is 12.0 Å². The fourth-order valence-corrected chi connectivity index (χ4v) is 1.03. The minimum atomic E-state index is -0.843. The molecule has 74 valence electrons. The van der Waals surface area contributed by atoms with Gasteiger partial charge in [0.25, 0.3) is 0 Å². The molecule has 0 aliphatic rings. The third-order valence-corrected chi connectivity index (χ3v) is 1.73. The van der Waals surface area contributed by atoms with Crippen LogP contribution in [0.15, 0.2) is 18.2 Å².